The maximum absolute atomic E-state index is 12.4. The van der Waals surface area contributed by atoms with Crippen LogP contribution in [0.25, 0.3) is 0 Å². The fourth-order valence-corrected chi connectivity index (χ4v) is 3.34. The zero-order valence-corrected chi connectivity index (χ0v) is 11.5. The first-order valence-electron chi connectivity index (χ1n) is 7.25. The van der Waals surface area contributed by atoms with Crippen molar-refractivity contribution in [2.75, 3.05) is 6.61 Å². The molecule has 1 amide bonds. The molecule has 4 heteroatoms. The molecule has 0 aromatic heterocycles. The number of hydrogen-bond donors (Lipinski definition) is 2. The number of amides is 1. The van der Waals surface area contributed by atoms with E-state index in [1.807, 2.05) is 0 Å². The molecular formula is C14H26N2O2. The highest BCUT2D eigenvalue weighted by Crippen LogP contribution is 2.29. The van der Waals surface area contributed by atoms with Gasteiger partial charge in [0.15, 0.2) is 0 Å². The van der Waals surface area contributed by atoms with Gasteiger partial charge in [0, 0.05) is 18.7 Å². The Morgan fingerprint density at radius 2 is 2.06 bits per heavy atom. The number of ether oxygens (including phenoxy) is 1. The van der Waals surface area contributed by atoms with Crippen LogP contribution in [-0.2, 0) is 9.53 Å². The molecule has 1 saturated carbocycles. The van der Waals surface area contributed by atoms with Gasteiger partial charge < -0.3 is 15.8 Å². The van der Waals surface area contributed by atoms with Crippen LogP contribution in [0.15, 0.2) is 0 Å². The smallest absolute Gasteiger partial charge is 0.225 e. The van der Waals surface area contributed by atoms with Crippen molar-refractivity contribution >= 4 is 5.91 Å². The van der Waals surface area contributed by atoms with Crippen LogP contribution in [0.4, 0.5) is 0 Å². The van der Waals surface area contributed by atoms with Gasteiger partial charge >= 0.3 is 0 Å². The lowest BCUT2D eigenvalue weighted by molar-refractivity contribution is -0.129. The molecule has 2 fully saturated rings. The second kappa shape index (κ2) is 6.02. The van der Waals surface area contributed by atoms with E-state index in [-0.39, 0.29) is 30.0 Å². The summed E-state index contributed by atoms with van der Waals surface area (Å²) in [6, 6.07) is 0.300. The SMILES string of the molecule is CC1CC(NC(=O)C2C(C)CCCC2N)CCO1. The number of hydrogen-bond acceptors (Lipinski definition) is 3. The molecule has 18 heavy (non-hydrogen) atoms. The molecule has 0 bridgehead atoms. The summed E-state index contributed by atoms with van der Waals surface area (Å²) < 4.78 is 5.50. The fraction of sp³-hybridized carbons (Fsp3) is 0.929. The van der Waals surface area contributed by atoms with Crippen LogP contribution in [0, 0.1) is 11.8 Å². The minimum atomic E-state index is -0.00287. The lowest BCUT2D eigenvalue weighted by Crippen LogP contribution is -2.51. The summed E-state index contributed by atoms with van der Waals surface area (Å²) in [4.78, 5) is 12.4. The van der Waals surface area contributed by atoms with E-state index in [1.54, 1.807) is 0 Å². The van der Waals surface area contributed by atoms with Gasteiger partial charge in [0.25, 0.3) is 0 Å². The standard InChI is InChI=1S/C14H26N2O2/c1-9-4-3-5-12(15)13(9)14(17)16-11-6-7-18-10(2)8-11/h9-13H,3-8,15H2,1-2H3,(H,16,17). The molecule has 0 aromatic rings. The zero-order chi connectivity index (χ0) is 13.1. The van der Waals surface area contributed by atoms with Gasteiger partial charge in [-0.25, -0.2) is 0 Å². The van der Waals surface area contributed by atoms with Crippen LogP contribution >= 0.6 is 0 Å². The molecule has 0 aromatic carbocycles. The zero-order valence-electron chi connectivity index (χ0n) is 11.5. The molecular weight excluding hydrogens is 228 g/mol. The van der Waals surface area contributed by atoms with Crippen LogP contribution in [-0.4, -0.2) is 30.7 Å². The second-order valence-electron chi connectivity index (χ2n) is 6.01. The summed E-state index contributed by atoms with van der Waals surface area (Å²) in [6.07, 6.45) is 5.35. The van der Waals surface area contributed by atoms with E-state index >= 15 is 0 Å². The predicted molar refractivity (Wildman–Crippen MR) is 71.1 cm³/mol. The van der Waals surface area contributed by atoms with E-state index in [9.17, 15) is 4.79 Å². The van der Waals surface area contributed by atoms with Gasteiger partial charge in [0.05, 0.1) is 12.0 Å². The molecule has 0 spiro atoms. The molecule has 5 atom stereocenters. The van der Waals surface area contributed by atoms with Crippen LogP contribution in [0.2, 0.25) is 0 Å². The second-order valence-corrected chi connectivity index (χ2v) is 6.01. The van der Waals surface area contributed by atoms with Crippen LogP contribution in [0.1, 0.15) is 46.0 Å². The van der Waals surface area contributed by atoms with Crippen LogP contribution < -0.4 is 11.1 Å². The maximum atomic E-state index is 12.4. The van der Waals surface area contributed by atoms with E-state index in [0.29, 0.717) is 5.92 Å². The minimum absolute atomic E-state index is 0.00287. The minimum Gasteiger partial charge on any atom is -0.378 e. The van der Waals surface area contributed by atoms with Crippen LogP contribution in [0.3, 0.4) is 0 Å². The summed E-state index contributed by atoms with van der Waals surface area (Å²) in [6.45, 7) is 4.96. The van der Waals surface area contributed by atoms with E-state index in [4.69, 9.17) is 10.5 Å². The molecule has 1 heterocycles. The number of carbonyl (C=O) groups is 1. The summed E-state index contributed by atoms with van der Waals surface area (Å²) in [5.41, 5.74) is 6.12. The highest BCUT2D eigenvalue weighted by molar-refractivity contribution is 5.80. The summed E-state index contributed by atoms with van der Waals surface area (Å²) in [5.74, 6) is 0.566. The van der Waals surface area contributed by atoms with E-state index in [0.717, 1.165) is 38.7 Å². The molecule has 1 aliphatic carbocycles. The number of rotatable bonds is 2. The molecule has 1 saturated heterocycles. The Kier molecular flexibility index (Phi) is 4.62. The maximum Gasteiger partial charge on any atom is 0.225 e. The van der Waals surface area contributed by atoms with Gasteiger partial charge in [0.2, 0.25) is 5.91 Å². The third-order valence-corrected chi connectivity index (χ3v) is 4.41. The Hall–Kier alpha value is -0.610. The lowest BCUT2D eigenvalue weighted by atomic mass is 9.76. The Labute approximate surface area is 110 Å². The average Bonchev–Trinajstić information content (AvgIpc) is 2.28. The van der Waals surface area contributed by atoms with E-state index in [1.165, 1.54) is 0 Å². The first-order chi connectivity index (χ1) is 8.58. The molecule has 2 aliphatic rings. The van der Waals surface area contributed by atoms with Gasteiger partial charge in [-0.15, -0.1) is 0 Å². The number of carbonyl (C=O) groups excluding carboxylic acids is 1. The summed E-state index contributed by atoms with van der Waals surface area (Å²) in [5, 5.41) is 3.18. The van der Waals surface area contributed by atoms with E-state index < -0.39 is 0 Å². The van der Waals surface area contributed by atoms with Crippen molar-refractivity contribution in [1.82, 2.24) is 5.32 Å². The summed E-state index contributed by atoms with van der Waals surface area (Å²) in [7, 11) is 0. The van der Waals surface area contributed by atoms with Crippen molar-refractivity contribution in [2.24, 2.45) is 17.6 Å². The average molecular weight is 254 g/mol. The Balaban J connectivity index is 1.89. The fourth-order valence-electron chi connectivity index (χ4n) is 3.34. The summed E-state index contributed by atoms with van der Waals surface area (Å²) >= 11 is 0. The molecule has 2 rings (SSSR count). The van der Waals surface area contributed by atoms with Gasteiger partial charge in [-0.3, -0.25) is 4.79 Å². The van der Waals surface area contributed by atoms with Gasteiger partial charge in [0.1, 0.15) is 0 Å². The largest absolute Gasteiger partial charge is 0.378 e. The van der Waals surface area contributed by atoms with Crippen molar-refractivity contribution < 1.29 is 9.53 Å². The van der Waals surface area contributed by atoms with Crippen molar-refractivity contribution in [3.8, 4) is 0 Å². The number of nitrogens with two attached hydrogens (primary N) is 1. The van der Waals surface area contributed by atoms with Gasteiger partial charge in [-0.2, -0.15) is 0 Å². The Bertz CT molecular complexity index is 286. The highest BCUT2D eigenvalue weighted by atomic mass is 16.5. The molecule has 0 radical (unpaired) electrons. The molecule has 3 N–H and O–H groups in total. The highest BCUT2D eigenvalue weighted by Gasteiger charge is 2.35. The lowest BCUT2D eigenvalue weighted by Gasteiger charge is -2.35. The predicted octanol–water partition coefficient (Wildman–Crippen LogP) is 1.43. The first kappa shape index (κ1) is 13.8. The Morgan fingerprint density at radius 3 is 2.72 bits per heavy atom. The quantitative estimate of drug-likeness (QED) is 0.783. The molecule has 1 aliphatic heterocycles. The molecule has 104 valence electrons. The van der Waals surface area contributed by atoms with Crippen molar-refractivity contribution in [1.29, 1.82) is 0 Å². The third kappa shape index (κ3) is 3.23. The van der Waals surface area contributed by atoms with Gasteiger partial charge in [-0.1, -0.05) is 13.3 Å². The number of nitrogens with one attached hydrogen (secondary N) is 1. The van der Waals surface area contributed by atoms with Gasteiger partial charge in [-0.05, 0) is 38.5 Å². The first-order valence-corrected chi connectivity index (χ1v) is 7.25. The normalized spacial score (nSPS) is 41.4. The molecule has 5 unspecified atom stereocenters. The topological polar surface area (TPSA) is 64.4 Å². The third-order valence-electron chi connectivity index (χ3n) is 4.41. The van der Waals surface area contributed by atoms with Crippen molar-refractivity contribution in [2.45, 2.75) is 64.1 Å². The van der Waals surface area contributed by atoms with Crippen LogP contribution in [0.5, 0.6) is 0 Å². The van der Waals surface area contributed by atoms with E-state index in [2.05, 4.69) is 19.2 Å². The van der Waals surface area contributed by atoms with Crippen molar-refractivity contribution in [3.63, 3.8) is 0 Å². The molecule has 4 nitrogen and oxygen atoms in total. The van der Waals surface area contributed by atoms with Crippen molar-refractivity contribution in [3.05, 3.63) is 0 Å². The Morgan fingerprint density at radius 1 is 1.28 bits per heavy atom. The monoisotopic (exact) mass is 254 g/mol.